The molecule has 3 N–H and O–H groups in total. The van der Waals surface area contributed by atoms with Crippen molar-refractivity contribution in [3.05, 3.63) is 29.3 Å². The van der Waals surface area contributed by atoms with Crippen molar-refractivity contribution in [3.63, 3.8) is 0 Å². The monoisotopic (exact) mass is 177 g/mol. The first-order valence-corrected chi connectivity index (χ1v) is 4.69. The van der Waals surface area contributed by atoms with Gasteiger partial charge in [-0.3, -0.25) is 0 Å². The van der Waals surface area contributed by atoms with Gasteiger partial charge in [-0.1, -0.05) is 19.1 Å². The average molecular weight is 177 g/mol. The first-order valence-electron chi connectivity index (χ1n) is 4.69. The molecule has 0 aliphatic heterocycles. The summed E-state index contributed by atoms with van der Waals surface area (Å²) in [6, 6.07) is 5.73. The third-order valence-corrected chi connectivity index (χ3v) is 3.18. The summed E-state index contributed by atoms with van der Waals surface area (Å²) in [6.45, 7) is 2.82. The maximum Gasteiger partial charge on any atom is 0.119 e. The van der Waals surface area contributed by atoms with E-state index in [2.05, 4.69) is 13.0 Å². The molecule has 2 nitrogen and oxygen atoms in total. The lowest BCUT2D eigenvalue weighted by molar-refractivity contribution is 0.469. The first-order chi connectivity index (χ1) is 6.17. The molecule has 13 heavy (non-hydrogen) atoms. The van der Waals surface area contributed by atoms with Gasteiger partial charge >= 0.3 is 0 Å². The van der Waals surface area contributed by atoms with Crippen LogP contribution in [-0.2, 0) is 11.8 Å². The van der Waals surface area contributed by atoms with Crippen LogP contribution < -0.4 is 5.73 Å². The Balaban J connectivity index is 2.55. The van der Waals surface area contributed by atoms with Gasteiger partial charge < -0.3 is 10.8 Å². The number of benzene rings is 1. The highest BCUT2D eigenvalue weighted by atomic mass is 16.3. The molecule has 0 amide bonds. The van der Waals surface area contributed by atoms with Crippen LogP contribution in [0.4, 0.5) is 0 Å². The number of aromatic hydroxyl groups is 1. The van der Waals surface area contributed by atoms with Crippen molar-refractivity contribution < 1.29 is 5.11 Å². The summed E-state index contributed by atoms with van der Waals surface area (Å²) in [4.78, 5) is 0. The summed E-state index contributed by atoms with van der Waals surface area (Å²) in [5.74, 6) is 0.426. The van der Waals surface area contributed by atoms with E-state index in [1.54, 1.807) is 6.07 Å². The normalized spacial score (nSPS) is 26.0. The zero-order chi connectivity index (χ0) is 9.47. The van der Waals surface area contributed by atoms with E-state index in [4.69, 9.17) is 5.73 Å². The summed E-state index contributed by atoms with van der Waals surface area (Å²) in [7, 11) is 0. The van der Waals surface area contributed by atoms with Gasteiger partial charge in [-0.05, 0) is 30.0 Å². The highest BCUT2D eigenvalue weighted by molar-refractivity contribution is 5.47. The van der Waals surface area contributed by atoms with Gasteiger partial charge in [0.2, 0.25) is 0 Å². The van der Waals surface area contributed by atoms with Crippen molar-refractivity contribution in [1.82, 2.24) is 0 Å². The average Bonchev–Trinajstić information content (AvgIpc) is 2.47. The van der Waals surface area contributed by atoms with E-state index in [0.29, 0.717) is 12.3 Å². The maximum absolute atomic E-state index is 9.62. The molecule has 1 aromatic carbocycles. The fourth-order valence-corrected chi connectivity index (χ4v) is 2.15. The van der Waals surface area contributed by atoms with E-state index in [1.807, 2.05) is 6.07 Å². The van der Waals surface area contributed by atoms with Gasteiger partial charge in [0.25, 0.3) is 0 Å². The smallest absolute Gasteiger partial charge is 0.119 e. The molecule has 0 saturated carbocycles. The number of hydrogen-bond donors (Lipinski definition) is 2. The van der Waals surface area contributed by atoms with Gasteiger partial charge in [-0.15, -0.1) is 0 Å². The zero-order valence-corrected chi connectivity index (χ0v) is 7.88. The summed E-state index contributed by atoms with van der Waals surface area (Å²) >= 11 is 0. The molecule has 0 fully saturated rings. The second kappa shape index (κ2) is 2.74. The Morgan fingerprint density at radius 2 is 2.31 bits per heavy atom. The summed E-state index contributed by atoms with van der Waals surface area (Å²) < 4.78 is 0. The van der Waals surface area contributed by atoms with Crippen LogP contribution in [0.2, 0.25) is 0 Å². The number of phenolic OH excluding ortho intramolecular Hbond substituents is 1. The highest BCUT2D eigenvalue weighted by Crippen LogP contribution is 2.41. The zero-order valence-electron chi connectivity index (χ0n) is 7.88. The van der Waals surface area contributed by atoms with E-state index < -0.39 is 0 Å². The van der Waals surface area contributed by atoms with E-state index in [0.717, 1.165) is 18.4 Å². The van der Waals surface area contributed by atoms with Crippen LogP contribution in [0.15, 0.2) is 18.2 Å². The Morgan fingerprint density at radius 1 is 1.54 bits per heavy atom. The summed E-state index contributed by atoms with van der Waals surface area (Å²) in [6.07, 6.45) is 2.01. The molecule has 70 valence electrons. The highest BCUT2D eigenvalue weighted by Gasteiger charge is 2.34. The van der Waals surface area contributed by atoms with Crippen molar-refractivity contribution in [2.75, 3.05) is 6.54 Å². The van der Waals surface area contributed by atoms with Crippen LogP contribution in [0.25, 0.3) is 0 Å². The maximum atomic E-state index is 9.62. The van der Waals surface area contributed by atoms with E-state index in [1.165, 1.54) is 5.56 Å². The lowest BCUT2D eigenvalue weighted by Crippen LogP contribution is -2.28. The standard InChI is InChI=1S/C11H15NO/c1-11(7-12)6-5-8-9(11)3-2-4-10(8)13/h2-4,13H,5-7,12H2,1H3. The van der Waals surface area contributed by atoms with Gasteiger partial charge in [0, 0.05) is 12.0 Å². The second-order valence-electron chi connectivity index (χ2n) is 4.07. The fourth-order valence-electron chi connectivity index (χ4n) is 2.15. The molecular formula is C11H15NO. The van der Waals surface area contributed by atoms with Crippen molar-refractivity contribution in [3.8, 4) is 5.75 Å². The van der Waals surface area contributed by atoms with Crippen molar-refractivity contribution in [2.45, 2.75) is 25.2 Å². The minimum atomic E-state index is 0.0775. The van der Waals surface area contributed by atoms with E-state index in [-0.39, 0.29) is 5.41 Å². The number of phenols is 1. The third-order valence-electron chi connectivity index (χ3n) is 3.18. The SMILES string of the molecule is CC1(CN)CCc2c(O)cccc21. The molecule has 0 aromatic heterocycles. The molecule has 0 heterocycles. The minimum Gasteiger partial charge on any atom is -0.508 e. The molecule has 1 unspecified atom stereocenters. The molecule has 2 heteroatoms. The topological polar surface area (TPSA) is 46.2 Å². The van der Waals surface area contributed by atoms with E-state index >= 15 is 0 Å². The molecule has 2 rings (SSSR count). The quantitative estimate of drug-likeness (QED) is 0.683. The largest absolute Gasteiger partial charge is 0.508 e. The number of fused-ring (bicyclic) bond motifs is 1. The number of hydrogen-bond acceptors (Lipinski definition) is 2. The molecule has 1 aromatic rings. The summed E-state index contributed by atoms with van der Waals surface area (Å²) in [5.41, 5.74) is 8.15. The molecule has 1 atom stereocenters. The lowest BCUT2D eigenvalue weighted by Gasteiger charge is -2.22. The van der Waals surface area contributed by atoms with Crippen LogP contribution in [-0.4, -0.2) is 11.7 Å². The van der Waals surface area contributed by atoms with Crippen LogP contribution in [0.3, 0.4) is 0 Å². The Morgan fingerprint density at radius 3 is 3.00 bits per heavy atom. The second-order valence-corrected chi connectivity index (χ2v) is 4.07. The van der Waals surface area contributed by atoms with Crippen LogP contribution in [0.5, 0.6) is 5.75 Å². The van der Waals surface area contributed by atoms with Crippen molar-refractivity contribution >= 4 is 0 Å². The predicted molar refractivity (Wildman–Crippen MR) is 52.8 cm³/mol. The molecule has 0 spiro atoms. The Hall–Kier alpha value is -1.02. The fraction of sp³-hybridized carbons (Fsp3) is 0.455. The van der Waals surface area contributed by atoms with Gasteiger partial charge in [0.15, 0.2) is 0 Å². The lowest BCUT2D eigenvalue weighted by atomic mass is 9.84. The number of nitrogens with two attached hydrogens (primary N) is 1. The first kappa shape index (κ1) is 8.57. The van der Waals surface area contributed by atoms with Crippen LogP contribution in [0.1, 0.15) is 24.5 Å². The third kappa shape index (κ3) is 1.13. The van der Waals surface area contributed by atoms with Gasteiger partial charge in [0.05, 0.1) is 0 Å². The molecule has 0 radical (unpaired) electrons. The van der Waals surface area contributed by atoms with Crippen LogP contribution in [0, 0.1) is 0 Å². The predicted octanol–water partition coefficient (Wildman–Crippen LogP) is 1.55. The molecule has 0 bridgehead atoms. The van der Waals surface area contributed by atoms with Gasteiger partial charge in [-0.25, -0.2) is 0 Å². The van der Waals surface area contributed by atoms with Crippen LogP contribution >= 0.6 is 0 Å². The summed E-state index contributed by atoms with van der Waals surface area (Å²) in [5, 5.41) is 9.62. The van der Waals surface area contributed by atoms with Crippen molar-refractivity contribution in [1.29, 1.82) is 0 Å². The Labute approximate surface area is 78.4 Å². The van der Waals surface area contributed by atoms with Gasteiger partial charge in [0.1, 0.15) is 5.75 Å². The molecule has 1 aliphatic rings. The van der Waals surface area contributed by atoms with Gasteiger partial charge in [-0.2, -0.15) is 0 Å². The molecule has 1 aliphatic carbocycles. The van der Waals surface area contributed by atoms with E-state index in [9.17, 15) is 5.11 Å². The van der Waals surface area contributed by atoms with Crippen molar-refractivity contribution in [2.24, 2.45) is 5.73 Å². The molecular weight excluding hydrogens is 162 g/mol. The Bertz CT molecular complexity index is 335. The Kier molecular flexibility index (Phi) is 1.81. The number of rotatable bonds is 1. The minimum absolute atomic E-state index is 0.0775. The molecule has 0 saturated heterocycles.